The summed E-state index contributed by atoms with van der Waals surface area (Å²) in [5, 5.41) is 2.24. The molecule has 1 aromatic rings. The highest BCUT2D eigenvalue weighted by atomic mass is 32.2. The van der Waals surface area contributed by atoms with Gasteiger partial charge in [-0.15, -0.1) is 0 Å². The third-order valence-corrected chi connectivity index (χ3v) is 6.61. The van der Waals surface area contributed by atoms with E-state index in [1.807, 2.05) is 30.3 Å². The Hall–Kier alpha value is -1.40. The number of amides is 1. The lowest BCUT2D eigenvalue weighted by molar-refractivity contribution is -0.132. The van der Waals surface area contributed by atoms with Crippen LogP contribution in [0.5, 0.6) is 0 Å². The number of sulfone groups is 1. The van der Waals surface area contributed by atoms with E-state index < -0.39 is 21.1 Å². The molecule has 0 unspecified atom stereocenters. The second-order valence-electron chi connectivity index (χ2n) is 6.26. The van der Waals surface area contributed by atoms with Gasteiger partial charge in [-0.2, -0.15) is 0 Å². The summed E-state index contributed by atoms with van der Waals surface area (Å²) in [4.78, 5) is 14.4. The van der Waals surface area contributed by atoms with Crippen molar-refractivity contribution in [1.82, 2.24) is 10.2 Å². The molecule has 1 N–H and O–H groups in total. The number of nitrogens with zero attached hydrogens (tertiary/aromatic N) is 1. The molecule has 120 valence electrons. The number of carbonyl (C=O) groups is 1. The van der Waals surface area contributed by atoms with Crippen molar-refractivity contribution in [3.63, 3.8) is 0 Å². The fourth-order valence-corrected chi connectivity index (χ4v) is 4.99. The van der Waals surface area contributed by atoms with Crippen LogP contribution in [0.3, 0.4) is 0 Å². The molecule has 0 aromatic heterocycles. The monoisotopic (exact) mass is 322 g/mol. The van der Waals surface area contributed by atoms with Crippen LogP contribution >= 0.6 is 0 Å². The van der Waals surface area contributed by atoms with Crippen molar-refractivity contribution in [2.75, 3.05) is 25.9 Å². The molecule has 0 spiro atoms. The summed E-state index contributed by atoms with van der Waals surface area (Å²) in [7, 11) is -1.73. The van der Waals surface area contributed by atoms with Gasteiger partial charge < -0.3 is 10.2 Å². The van der Waals surface area contributed by atoms with Crippen LogP contribution in [0.4, 0.5) is 0 Å². The SMILES string of the molecule is CN[C@@H]1CS(=O)(=O)[C@@H](c2ccccc2)CN(CC2CC2)C1=O. The second-order valence-corrected chi connectivity index (χ2v) is 8.48. The van der Waals surface area contributed by atoms with E-state index in [1.54, 1.807) is 11.9 Å². The molecular weight excluding hydrogens is 300 g/mol. The van der Waals surface area contributed by atoms with Crippen LogP contribution in [0.25, 0.3) is 0 Å². The lowest BCUT2D eigenvalue weighted by atomic mass is 10.1. The largest absolute Gasteiger partial charge is 0.339 e. The van der Waals surface area contributed by atoms with Crippen molar-refractivity contribution in [2.24, 2.45) is 5.92 Å². The zero-order chi connectivity index (χ0) is 15.7. The third kappa shape index (κ3) is 3.17. The smallest absolute Gasteiger partial charge is 0.240 e. The Labute approximate surface area is 131 Å². The van der Waals surface area contributed by atoms with Gasteiger partial charge in [0.1, 0.15) is 11.3 Å². The predicted octanol–water partition coefficient (Wildman–Crippen LogP) is 0.983. The number of carbonyl (C=O) groups excluding carboxylic acids is 1. The summed E-state index contributed by atoms with van der Waals surface area (Å²) in [6, 6.07) is 8.59. The van der Waals surface area contributed by atoms with E-state index >= 15 is 0 Å². The van der Waals surface area contributed by atoms with E-state index in [1.165, 1.54) is 0 Å². The van der Waals surface area contributed by atoms with Gasteiger partial charge in [-0.25, -0.2) is 8.42 Å². The molecule has 0 radical (unpaired) electrons. The molecule has 2 aliphatic rings. The van der Waals surface area contributed by atoms with Gasteiger partial charge >= 0.3 is 0 Å². The van der Waals surface area contributed by atoms with Crippen molar-refractivity contribution in [1.29, 1.82) is 0 Å². The summed E-state index contributed by atoms with van der Waals surface area (Å²) in [5.74, 6) is 0.318. The summed E-state index contributed by atoms with van der Waals surface area (Å²) < 4.78 is 25.5. The first kappa shape index (κ1) is 15.5. The molecule has 5 nitrogen and oxygen atoms in total. The number of hydrogen-bond donors (Lipinski definition) is 1. The molecule has 22 heavy (non-hydrogen) atoms. The average molecular weight is 322 g/mol. The molecule has 2 atom stereocenters. The highest BCUT2D eigenvalue weighted by Crippen LogP contribution is 2.33. The maximum atomic E-state index is 12.7. The lowest BCUT2D eigenvalue weighted by Gasteiger charge is -2.25. The van der Waals surface area contributed by atoms with E-state index in [9.17, 15) is 13.2 Å². The number of likely N-dealkylation sites (N-methyl/N-ethyl adjacent to an activating group) is 1. The van der Waals surface area contributed by atoms with E-state index in [-0.39, 0.29) is 18.2 Å². The number of hydrogen-bond acceptors (Lipinski definition) is 4. The third-order valence-electron chi connectivity index (χ3n) is 4.52. The van der Waals surface area contributed by atoms with Crippen LogP contribution in [0.1, 0.15) is 23.7 Å². The van der Waals surface area contributed by atoms with Crippen LogP contribution in [0.15, 0.2) is 30.3 Å². The summed E-state index contributed by atoms with van der Waals surface area (Å²) in [5.41, 5.74) is 0.771. The van der Waals surface area contributed by atoms with Gasteiger partial charge in [0, 0.05) is 13.1 Å². The Bertz CT molecular complexity index is 641. The molecule has 1 aliphatic carbocycles. The molecule has 0 bridgehead atoms. The second kappa shape index (κ2) is 6.01. The Morgan fingerprint density at radius 1 is 1.23 bits per heavy atom. The molecule has 1 saturated heterocycles. The molecule has 3 rings (SSSR count). The highest BCUT2D eigenvalue weighted by Gasteiger charge is 2.41. The van der Waals surface area contributed by atoms with Gasteiger partial charge in [-0.3, -0.25) is 4.79 Å². The van der Waals surface area contributed by atoms with Crippen LogP contribution < -0.4 is 5.32 Å². The Morgan fingerprint density at radius 3 is 2.50 bits per heavy atom. The van der Waals surface area contributed by atoms with Crippen molar-refractivity contribution in [2.45, 2.75) is 24.1 Å². The average Bonchev–Trinajstić information content (AvgIpc) is 3.33. The van der Waals surface area contributed by atoms with E-state index in [4.69, 9.17) is 0 Å². The minimum absolute atomic E-state index is 0.0867. The zero-order valence-electron chi connectivity index (χ0n) is 12.7. The minimum Gasteiger partial charge on any atom is -0.339 e. The summed E-state index contributed by atoms with van der Waals surface area (Å²) in [6.07, 6.45) is 2.27. The maximum absolute atomic E-state index is 12.7. The minimum atomic E-state index is -3.38. The number of rotatable bonds is 4. The summed E-state index contributed by atoms with van der Waals surface area (Å²) >= 11 is 0. The Morgan fingerprint density at radius 2 is 1.91 bits per heavy atom. The molecule has 1 saturated carbocycles. The molecule has 1 amide bonds. The predicted molar refractivity (Wildman–Crippen MR) is 85.1 cm³/mol. The highest BCUT2D eigenvalue weighted by molar-refractivity contribution is 7.91. The maximum Gasteiger partial charge on any atom is 0.240 e. The molecular formula is C16H22N2O3S. The van der Waals surface area contributed by atoms with Crippen LogP contribution in [-0.4, -0.2) is 51.2 Å². The zero-order valence-corrected chi connectivity index (χ0v) is 13.6. The molecule has 2 fully saturated rings. The van der Waals surface area contributed by atoms with Gasteiger partial charge in [0.15, 0.2) is 9.84 Å². The van der Waals surface area contributed by atoms with Gasteiger partial charge in [0.05, 0.1) is 5.75 Å². The van der Waals surface area contributed by atoms with Gasteiger partial charge in [-0.1, -0.05) is 30.3 Å². The van der Waals surface area contributed by atoms with Crippen LogP contribution in [-0.2, 0) is 14.6 Å². The van der Waals surface area contributed by atoms with Gasteiger partial charge in [0.25, 0.3) is 0 Å². The standard InChI is InChI=1S/C16H22N2O3S/c1-17-14-11-22(20,21)15(13-5-3-2-4-6-13)10-18(16(14)19)9-12-7-8-12/h2-6,12,14-15,17H,7-11H2,1H3/t14-,15-/m1/s1. The molecule has 1 aliphatic heterocycles. The lowest BCUT2D eigenvalue weighted by Crippen LogP contribution is -2.46. The van der Waals surface area contributed by atoms with Gasteiger partial charge in [-0.05, 0) is 31.4 Å². The summed E-state index contributed by atoms with van der Waals surface area (Å²) in [6.45, 7) is 0.940. The van der Waals surface area contributed by atoms with E-state index in [2.05, 4.69) is 5.32 Å². The Balaban J connectivity index is 1.95. The van der Waals surface area contributed by atoms with Crippen LogP contribution in [0.2, 0.25) is 0 Å². The van der Waals surface area contributed by atoms with E-state index in [0.717, 1.165) is 18.4 Å². The molecule has 6 heteroatoms. The van der Waals surface area contributed by atoms with Crippen molar-refractivity contribution in [3.8, 4) is 0 Å². The fourth-order valence-electron chi connectivity index (χ4n) is 3.01. The van der Waals surface area contributed by atoms with E-state index in [0.29, 0.717) is 12.5 Å². The van der Waals surface area contributed by atoms with Crippen molar-refractivity contribution in [3.05, 3.63) is 35.9 Å². The normalized spacial score (nSPS) is 28.4. The first-order chi connectivity index (χ1) is 10.5. The molecule has 1 aromatic carbocycles. The fraction of sp³-hybridized carbons (Fsp3) is 0.562. The first-order valence-electron chi connectivity index (χ1n) is 7.74. The van der Waals surface area contributed by atoms with Crippen LogP contribution in [0, 0.1) is 5.92 Å². The van der Waals surface area contributed by atoms with Gasteiger partial charge in [0.2, 0.25) is 5.91 Å². The molecule has 1 heterocycles. The quantitative estimate of drug-likeness (QED) is 0.897. The number of benzene rings is 1. The first-order valence-corrected chi connectivity index (χ1v) is 9.45. The van der Waals surface area contributed by atoms with Crippen molar-refractivity contribution < 1.29 is 13.2 Å². The Kier molecular flexibility index (Phi) is 4.23. The van der Waals surface area contributed by atoms with Crippen molar-refractivity contribution >= 4 is 15.7 Å². The number of nitrogens with one attached hydrogen (secondary N) is 1. The topological polar surface area (TPSA) is 66.5 Å².